The highest BCUT2D eigenvalue weighted by Crippen LogP contribution is 2.35. The zero-order valence-corrected chi connectivity index (χ0v) is 21.5. The first-order chi connectivity index (χ1) is 18.9. The van der Waals surface area contributed by atoms with Crippen LogP contribution in [0.1, 0.15) is 21.6 Å². The number of alkyl halides is 3. The molecule has 0 unspecified atom stereocenters. The lowest BCUT2D eigenvalue weighted by Crippen LogP contribution is -2.36. The van der Waals surface area contributed by atoms with Gasteiger partial charge in [-0.15, -0.1) is 0 Å². The zero-order valence-electron chi connectivity index (χ0n) is 20.0. The van der Waals surface area contributed by atoms with E-state index in [4.69, 9.17) is 37.9 Å². The molecule has 206 valence electrons. The van der Waals surface area contributed by atoms with Gasteiger partial charge in [-0.25, -0.2) is 14.2 Å². The van der Waals surface area contributed by atoms with Crippen molar-refractivity contribution in [3.8, 4) is 23.4 Å². The molecule has 2 aromatic heterocycles. The summed E-state index contributed by atoms with van der Waals surface area (Å²) < 4.78 is 64.8. The molecule has 0 radical (unpaired) electrons. The normalized spacial score (nSPS) is 11.2. The Morgan fingerprint density at radius 1 is 1.15 bits per heavy atom. The Hall–Kier alpha value is -4.54. The number of nitrogens with one attached hydrogen (secondary N) is 1. The molecule has 9 nitrogen and oxygen atoms in total. The first kappa shape index (κ1) is 28.5. The summed E-state index contributed by atoms with van der Waals surface area (Å²) in [5.74, 6) is -4.89. The Morgan fingerprint density at radius 3 is 2.58 bits per heavy atom. The Bertz CT molecular complexity index is 1680. The molecule has 0 saturated carbocycles. The van der Waals surface area contributed by atoms with Gasteiger partial charge in [-0.1, -0.05) is 29.3 Å². The summed E-state index contributed by atoms with van der Waals surface area (Å²) in [5.41, 5.74) is -0.628. The lowest BCUT2D eigenvalue weighted by Gasteiger charge is -2.14. The number of nitriles is 1. The van der Waals surface area contributed by atoms with Crippen molar-refractivity contribution in [2.24, 2.45) is 0 Å². The molecule has 2 aromatic carbocycles. The number of benzene rings is 2. The molecule has 4 rings (SSSR count). The average molecular weight is 597 g/mol. The van der Waals surface area contributed by atoms with Crippen LogP contribution in [0.3, 0.4) is 0 Å². The summed E-state index contributed by atoms with van der Waals surface area (Å²) in [4.78, 5) is 32.8. The summed E-state index contributed by atoms with van der Waals surface area (Å²) in [7, 11) is 1.30. The van der Waals surface area contributed by atoms with Crippen LogP contribution in [0.25, 0.3) is 10.9 Å². The summed E-state index contributed by atoms with van der Waals surface area (Å²) in [6, 6.07) is 10.9. The summed E-state index contributed by atoms with van der Waals surface area (Å²) in [6.45, 7) is -0.479. The van der Waals surface area contributed by atoms with Crippen molar-refractivity contribution in [1.29, 1.82) is 5.26 Å². The highest BCUT2D eigenvalue weighted by molar-refractivity contribution is 6.32. The SMILES string of the molecule is COc1cc2cc(C(=O)NCc3ccc(Cl)c(Oc4cc(Cl)cc(C#N)c4)c3F)n(OC(=O)C(F)(F)F)c2cn1. The smallest absolute Gasteiger partial charge is 0.481 e. The van der Waals surface area contributed by atoms with Crippen LogP contribution in [0.5, 0.6) is 17.4 Å². The maximum Gasteiger partial charge on any atom is 0.493 e. The fraction of sp³-hybridized carbons (Fsp3) is 0.120. The van der Waals surface area contributed by atoms with Crippen molar-refractivity contribution in [1.82, 2.24) is 15.0 Å². The molecule has 0 spiro atoms. The third-order valence-corrected chi connectivity index (χ3v) is 5.77. The fourth-order valence-electron chi connectivity index (χ4n) is 3.44. The fourth-order valence-corrected chi connectivity index (χ4v) is 3.85. The lowest BCUT2D eigenvalue weighted by molar-refractivity contribution is -0.199. The average Bonchev–Trinajstić information content (AvgIpc) is 3.26. The number of nitrogens with zero attached hydrogens (tertiary/aromatic N) is 3. The quantitative estimate of drug-likeness (QED) is 0.276. The number of methoxy groups -OCH3 is 1. The predicted octanol–water partition coefficient (Wildman–Crippen LogP) is 5.60. The number of ether oxygens (including phenoxy) is 2. The van der Waals surface area contributed by atoms with E-state index in [2.05, 4.69) is 15.1 Å². The van der Waals surface area contributed by atoms with Crippen LogP contribution < -0.4 is 19.6 Å². The molecule has 1 N–H and O–H groups in total. The minimum atomic E-state index is -5.36. The van der Waals surface area contributed by atoms with E-state index in [1.807, 2.05) is 6.07 Å². The number of carbonyl (C=O) groups excluding carboxylic acids is 2. The van der Waals surface area contributed by atoms with Gasteiger partial charge < -0.3 is 19.6 Å². The van der Waals surface area contributed by atoms with E-state index in [-0.39, 0.29) is 43.7 Å². The van der Waals surface area contributed by atoms with E-state index < -0.39 is 41.9 Å². The zero-order chi connectivity index (χ0) is 29.2. The molecule has 4 aromatic rings. The third-order valence-electron chi connectivity index (χ3n) is 5.25. The Kier molecular flexibility index (Phi) is 8.03. The van der Waals surface area contributed by atoms with E-state index >= 15 is 4.39 Å². The second-order valence-corrected chi connectivity index (χ2v) is 8.75. The van der Waals surface area contributed by atoms with Gasteiger partial charge in [0.05, 0.1) is 30.0 Å². The molecule has 1 amide bonds. The first-order valence-corrected chi connectivity index (χ1v) is 11.7. The van der Waals surface area contributed by atoms with E-state index in [1.165, 1.54) is 43.5 Å². The van der Waals surface area contributed by atoms with Crippen molar-refractivity contribution in [2.45, 2.75) is 12.7 Å². The summed E-state index contributed by atoms with van der Waals surface area (Å²) in [6.07, 6.45) is -4.31. The van der Waals surface area contributed by atoms with Crippen molar-refractivity contribution < 1.29 is 41.5 Å². The molecule has 15 heteroatoms. The van der Waals surface area contributed by atoms with Crippen molar-refractivity contribution in [3.05, 3.63) is 81.3 Å². The van der Waals surface area contributed by atoms with Gasteiger partial charge in [0.2, 0.25) is 5.88 Å². The second-order valence-electron chi connectivity index (χ2n) is 7.91. The van der Waals surface area contributed by atoms with Gasteiger partial charge in [-0.2, -0.15) is 23.2 Å². The highest BCUT2D eigenvalue weighted by atomic mass is 35.5. The van der Waals surface area contributed by atoms with Crippen LogP contribution in [0.15, 0.2) is 48.7 Å². The number of fused-ring (bicyclic) bond motifs is 1. The summed E-state index contributed by atoms with van der Waals surface area (Å²) >= 11 is 12.0. The van der Waals surface area contributed by atoms with Crippen molar-refractivity contribution >= 4 is 46.0 Å². The number of pyridine rings is 1. The maximum absolute atomic E-state index is 15.3. The predicted molar refractivity (Wildman–Crippen MR) is 133 cm³/mol. The number of rotatable bonds is 7. The minimum Gasteiger partial charge on any atom is -0.481 e. The lowest BCUT2D eigenvalue weighted by atomic mass is 10.2. The van der Waals surface area contributed by atoms with Crippen LogP contribution in [0, 0.1) is 17.1 Å². The molecule has 0 aliphatic rings. The largest absolute Gasteiger partial charge is 0.493 e. The standard InChI is InChI=1S/C25H14Cl2F4N4O5/c1-38-20-7-14-6-18(35(19(14)11-33-20)40-24(37)25(29,30)31)23(36)34-10-13-2-3-17(27)22(21(13)28)39-16-5-12(9-32)4-15(26)8-16/h2-8,11H,10H2,1H3,(H,34,36). The highest BCUT2D eigenvalue weighted by Gasteiger charge is 2.42. The molecule has 2 heterocycles. The van der Waals surface area contributed by atoms with Crippen molar-refractivity contribution in [3.63, 3.8) is 0 Å². The van der Waals surface area contributed by atoms with E-state index in [1.54, 1.807) is 0 Å². The molecule has 40 heavy (non-hydrogen) atoms. The molecule has 0 bridgehead atoms. The van der Waals surface area contributed by atoms with Crippen molar-refractivity contribution in [2.75, 3.05) is 7.11 Å². The van der Waals surface area contributed by atoms with Crippen LogP contribution in [0.2, 0.25) is 10.0 Å². The third kappa shape index (κ3) is 6.03. The molecule has 0 atom stereocenters. The molecule has 0 aliphatic heterocycles. The maximum atomic E-state index is 15.3. The van der Waals surface area contributed by atoms with E-state index in [0.717, 1.165) is 12.3 Å². The molecular formula is C25H14Cl2F4N4O5. The topological polar surface area (TPSA) is 115 Å². The van der Waals surface area contributed by atoms with Gasteiger partial charge in [-0.3, -0.25) is 4.79 Å². The number of hydrogen-bond donors (Lipinski definition) is 1. The van der Waals surface area contributed by atoms with Gasteiger partial charge in [0.15, 0.2) is 11.6 Å². The molecular weight excluding hydrogens is 583 g/mol. The van der Waals surface area contributed by atoms with Crippen LogP contribution in [0.4, 0.5) is 17.6 Å². The van der Waals surface area contributed by atoms with Gasteiger partial charge in [0.25, 0.3) is 5.91 Å². The molecule has 0 fully saturated rings. The number of aromatic nitrogens is 2. The van der Waals surface area contributed by atoms with Crippen LogP contribution >= 0.6 is 23.2 Å². The van der Waals surface area contributed by atoms with Gasteiger partial charge in [0.1, 0.15) is 17.0 Å². The summed E-state index contributed by atoms with van der Waals surface area (Å²) in [5, 5.41) is 11.6. The number of carbonyl (C=O) groups is 2. The minimum absolute atomic E-state index is 0.0195. The number of halogens is 6. The van der Waals surface area contributed by atoms with Crippen LogP contribution in [-0.4, -0.2) is 34.9 Å². The monoisotopic (exact) mass is 596 g/mol. The second kappa shape index (κ2) is 11.3. The Balaban J connectivity index is 1.62. The van der Waals surface area contributed by atoms with Gasteiger partial charge in [0, 0.05) is 28.6 Å². The Labute approximate surface area is 232 Å². The van der Waals surface area contributed by atoms with Gasteiger partial charge >= 0.3 is 12.1 Å². The van der Waals surface area contributed by atoms with Crippen LogP contribution in [-0.2, 0) is 11.3 Å². The molecule has 0 saturated heterocycles. The first-order valence-electron chi connectivity index (χ1n) is 10.9. The Morgan fingerprint density at radius 2 is 1.90 bits per heavy atom. The number of amides is 1. The van der Waals surface area contributed by atoms with E-state index in [9.17, 15) is 22.8 Å². The number of hydrogen-bond acceptors (Lipinski definition) is 7. The van der Waals surface area contributed by atoms with Gasteiger partial charge in [-0.05, 0) is 30.3 Å². The molecule has 0 aliphatic carbocycles. The van der Waals surface area contributed by atoms with E-state index in [0.29, 0.717) is 4.73 Å².